The van der Waals surface area contributed by atoms with Gasteiger partial charge in [0.15, 0.2) is 0 Å². The lowest BCUT2D eigenvalue weighted by Gasteiger charge is -2.51. The molecule has 3 nitrogen and oxygen atoms in total. The predicted molar refractivity (Wildman–Crippen MR) is 76.1 cm³/mol. The maximum absolute atomic E-state index is 11.2. The summed E-state index contributed by atoms with van der Waals surface area (Å²) in [6.45, 7) is 4.98. The van der Waals surface area contributed by atoms with Crippen LogP contribution in [0.25, 0.3) is 0 Å². The van der Waals surface area contributed by atoms with Gasteiger partial charge in [-0.3, -0.25) is 0 Å². The Morgan fingerprint density at radius 3 is 2.68 bits per heavy atom. The van der Waals surface area contributed by atoms with E-state index >= 15 is 0 Å². The minimum atomic E-state index is -0.459. The summed E-state index contributed by atoms with van der Waals surface area (Å²) in [5.41, 5.74) is -0.346. The molecule has 1 aliphatic carbocycles. The van der Waals surface area contributed by atoms with Gasteiger partial charge >= 0.3 is 0 Å². The van der Waals surface area contributed by atoms with Crippen molar-refractivity contribution in [2.75, 3.05) is 19.7 Å². The van der Waals surface area contributed by atoms with E-state index in [1.165, 1.54) is 32.1 Å². The van der Waals surface area contributed by atoms with Crippen LogP contribution in [0.1, 0.15) is 58.3 Å². The van der Waals surface area contributed by atoms with Crippen molar-refractivity contribution in [2.24, 2.45) is 11.8 Å². The van der Waals surface area contributed by atoms with E-state index in [-0.39, 0.29) is 5.60 Å². The van der Waals surface area contributed by atoms with E-state index in [0.717, 1.165) is 39.0 Å². The molecule has 0 aromatic heterocycles. The van der Waals surface area contributed by atoms with Crippen LogP contribution in [0.15, 0.2) is 0 Å². The third-order valence-corrected chi connectivity index (χ3v) is 5.97. The Hall–Kier alpha value is -0.120. The Morgan fingerprint density at radius 2 is 1.95 bits per heavy atom. The summed E-state index contributed by atoms with van der Waals surface area (Å²) in [6.07, 6.45) is 9.45. The first-order chi connectivity index (χ1) is 9.15. The Balaban J connectivity index is 1.73. The molecule has 0 amide bonds. The van der Waals surface area contributed by atoms with Gasteiger partial charge in [-0.05, 0) is 50.5 Å². The summed E-state index contributed by atoms with van der Waals surface area (Å²) in [7, 11) is 0. The number of rotatable bonds is 1. The van der Waals surface area contributed by atoms with E-state index in [1.807, 2.05) is 0 Å². The molecule has 2 N–H and O–H groups in total. The molecule has 0 bridgehead atoms. The highest BCUT2D eigenvalue weighted by atomic mass is 16.5. The van der Waals surface area contributed by atoms with Crippen LogP contribution in [0.5, 0.6) is 0 Å². The topological polar surface area (TPSA) is 41.5 Å². The first-order valence-corrected chi connectivity index (χ1v) is 8.22. The van der Waals surface area contributed by atoms with Gasteiger partial charge in [0.1, 0.15) is 0 Å². The van der Waals surface area contributed by atoms with E-state index in [1.54, 1.807) is 0 Å². The molecule has 3 rings (SSSR count). The molecule has 2 aliphatic heterocycles. The van der Waals surface area contributed by atoms with Gasteiger partial charge in [0, 0.05) is 13.2 Å². The molecule has 1 saturated carbocycles. The summed E-state index contributed by atoms with van der Waals surface area (Å²) in [4.78, 5) is 0. The van der Waals surface area contributed by atoms with Gasteiger partial charge < -0.3 is 15.2 Å². The molecule has 0 radical (unpaired) electrons. The summed E-state index contributed by atoms with van der Waals surface area (Å²) >= 11 is 0. The summed E-state index contributed by atoms with van der Waals surface area (Å²) in [5.74, 6) is 0.807. The molecule has 110 valence electrons. The largest absolute Gasteiger partial charge is 0.389 e. The van der Waals surface area contributed by atoms with Gasteiger partial charge in [-0.25, -0.2) is 0 Å². The molecule has 1 spiro atoms. The van der Waals surface area contributed by atoms with E-state index in [9.17, 15) is 5.11 Å². The standard InChI is InChI=1S/C16H29NO2/c1-13-12-17-9-8-16(13,18)14-5-10-19-15(11-14)6-3-2-4-7-15/h13-14,17-18H,2-12H2,1H3. The lowest BCUT2D eigenvalue weighted by molar-refractivity contribution is -0.174. The van der Waals surface area contributed by atoms with Gasteiger partial charge in [0.2, 0.25) is 0 Å². The molecule has 3 aliphatic rings. The lowest BCUT2D eigenvalue weighted by atomic mass is 9.65. The predicted octanol–water partition coefficient (Wildman–Crippen LogP) is 2.48. The smallest absolute Gasteiger partial charge is 0.0727 e. The van der Waals surface area contributed by atoms with Crippen LogP contribution in [-0.2, 0) is 4.74 Å². The van der Waals surface area contributed by atoms with E-state index < -0.39 is 5.60 Å². The van der Waals surface area contributed by atoms with Gasteiger partial charge in [-0.15, -0.1) is 0 Å². The Bertz CT molecular complexity index is 308. The van der Waals surface area contributed by atoms with Gasteiger partial charge in [0.05, 0.1) is 11.2 Å². The average Bonchev–Trinajstić information content (AvgIpc) is 2.43. The molecular formula is C16H29NO2. The van der Waals surface area contributed by atoms with Crippen molar-refractivity contribution in [3.05, 3.63) is 0 Å². The number of ether oxygens (including phenoxy) is 1. The van der Waals surface area contributed by atoms with Gasteiger partial charge in [-0.2, -0.15) is 0 Å². The summed E-state index contributed by atoms with van der Waals surface area (Å²) < 4.78 is 6.18. The van der Waals surface area contributed by atoms with Crippen LogP contribution >= 0.6 is 0 Å². The van der Waals surface area contributed by atoms with Crippen molar-refractivity contribution < 1.29 is 9.84 Å². The fraction of sp³-hybridized carbons (Fsp3) is 1.00. The maximum Gasteiger partial charge on any atom is 0.0727 e. The van der Waals surface area contributed by atoms with Gasteiger partial charge in [-0.1, -0.05) is 26.2 Å². The number of nitrogens with one attached hydrogen (secondary N) is 1. The van der Waals surface area contributed by atoms with Crippen molar-refractivity contribution in [3.8, 4) is 0 Å². The van der Waals surface area contributed by atoms with Crippen LogP contribution in [0.4, 0.5) is 0 Å². The molecule has 0 aromatic rings. The van der Waals surface area contributed by atoms with Crippen molar-refractivity contribution in [3.63, 3.8) is 0 Å². The van der Waals surface area contributed by atoms with E-state index in [0.29, 0.717) is 11.8 Å². The van der Waals surface area contributed by atoms with Crippen LogP contribution in [0.2, 0.25) is 0 Å². The fourth-order valence-corrected chi connectivity index (χ4v) is 4.64. The monoisotopic (exact) mass is 267 g/mol. The van der Waals surface area contributed by atoms with Crippen LogP contribution in [0, 0.1) is 11.8 Å². The first-order valence-electron chi connectivity index (χ1n) is 8.22. The molecule has 3 atom stereocenters. The molecule has 19 heavy (non-hydrogen) atoms. The van der Waals surface area contributed by atoms with Gasteiger partial charge in [0.25, 0.3) is 0 Å². The quantitative estimate of drug-likeness (QED) is 0.767. The molecule has 3 heteroatoms. The lowest BCUT2D eigenvalue weighted by Crippen LogP contribution is -2.57. The Kier molecular flexibility index (Phi) is 3.89. The fourth-order valence-electron chi connectivity index (χ4n) is 4.64. The highest BCUT2D eigenvalue weighted by Crippen LogP contribution is 2.46. The zero-order valence-corrected chi connectivity index (χ0v) is 12.3. The van der Waals surface area contributed by atoms with Crippen LogP contribution in [-0.4, -0.2) is 36.0 Å². The molecular weight excluding hydrogens is 238 g/mol. The molecule has 3 unspecified atom stereocenters. The molecule has 0 aromatic carbocycles. The van der Waals surface area contributed by atoms with Crippen molar-refractivity contribution in [1.82, 2.24) is 5.32 Å². The molecule has 3 fully saturated rings. The molecule has 2 heterocycles. The first kappa shape index (κ1) is 13.8. The molecule has 2 saturated heterocycles. The van der Waals surface area contributed by atoms with Crippen molar-refractivity contribution >= 4 is 0 Å². The third-order valence-electron chi connectivity index (χ3n) is 5.97. The minimum absolute atomic E-state index is 0.113. The zero-order valence-electron chi connectivity index (χ0n) is 12.3. The van der Waals surface area contributed by atoms with Crippen molar-refractivity contribution in [1.29, 1.82) is 0 Å². The Labute approximate surface area is 117 Å². The second-order valence-electron chi connectivity index (χ2n) is 7.13. The number of aliphatic hydroxyl groups is 1. The maximum atomic E-state index is 11.2. The number of hydrogen-bond acceptors (Lipinski definition) is 3. The number of piperidine rings is 1. The number of hydrogen-bond donors (Lipinski definition) is 2. The second kappa shape index (κ2) is 5.34. The highest BCUT2D eigenvalue weighted by Gasteiger charge is 2.49. The third kappa shape index (κ3) is 2.57. The average molecular weight is 267 g/mol. The van der Waals surface area contributed by atoms with E-state index in [2.05, 4.69) is 12.2 Å². The highest BCUT2D eigenvalue weighted by molar-refractivity contribution is 5.00. The zero-order chi connectivity index (χ0) is 13.3. The SMILES string of the molecule is CC1CNCCC1(O)C1CCOC2(CCCCC2)C1. The van der Waals surface area contributed by atoms with Crippen LogP contribution < -0.4 is 5.32 Å². The normalized spacial score (nSPS) is 43.3. The Morgan fingerprint density at radius 1 is 1.16 bits per heavy atom. The minimum Gasteiger partial charge on any atom is -0.389 e. The summed E-state index contributed by atoms with van der Waals surface area (Å²) in [6, 6.07) is 0. The second-order valence-corrected chi connectivity index (χ2v) is 7.13. The van der Waals surface area contributed by atoms with Crippen LogP contribution in [0.3, 0.4) is 0 Å². The summed E-state index contributed by atoms with van der Waals surface area (Å²) in [5, 5.41) is 14.6. The van der Waals surface area contributed by atoms with E-state index in [4.69, 9.17) is 4.74 Å². The van der Waals surface area contributed by atoms with Crippen molar-refractivity contribution in [2.45, 2.75) is 69.5 Å².